The summed E-state index contributed by atoms with van der Waals surface area (Å²) in [6.07, 6.45) is 3.17. The second-order valence-electron chi connectivity index (χ2n) is 7.41. The number of nitriles is 2. The molecule has 0 bridgehead atoms. The fraction of sp³-hybridized carbons (Fsp3) is 0.0323. The topological polar surface area (TPSA) is 73.4 Å². The third kappa shape index (κ3) is 6.59. The van der Waals surface area contributed by atoms with Crippen molar-refractivity contribution in [3.05, 3.63) is 132 Å². The quantitative estimate of drug-likeness (QED) is 0.203. The molecule has 0 N–H and O–H groups in total. The van der Waals surface area contributed by atoms with Gasteiger partial charge in [0.15, 0.2) is 0 Å². The number of rotatable bonds is 3. The van der Waals surface area contributed by atoms with Crippen molar-refractivity contribution in [1.82, 2.24) is 9.97 Å². The second-order valence-corrected chi connectivity index (χ2v) is 7.41. The first-order valence-corrected chi connectivity index (χ1v) is 10.7. The Labute approximate surface area is 229 Å². The first kappa shape index (κ1) is 22.1. The van der Waals surface area contributed by atoms with Crippen LogP contribution in [0.15, 0.2) is 103 Å². The molecule has 0 unspecified atom stereocenters. The Kier molecular flexibility index (Phi) is 7.90. The van der Waals surface area contributed by atoms with Gasteiger partial charge in [-0.3, -0.25) is 0 Å². The van der Waals surface area contributed by atoms with Gasteiger partial charge in [-0.25, -0.2) is 10.5 Å². The van der Waals surface area contributed by atoms with Crippen molar-refractivity contribution in [2.45, 2.75) is 6.85 Å². The predicted molar refractivity (Wildman–Crippen MR) is 137 cm³/mol. The van der Waals surface area contributed by atoms with Gasteiger partial charge in [0.05, 0.1) is 0 Å². The molecule has 0 aliphatic carbocycles. The molecule has 0 amide bonds. The number of hydrogen-bond donors (Lipinski definition) is 0. The number of aryl methyl sites for hydroxylation is 1. The van der Waals surface area contributed by atoms with Gasteiger partial charge >= 0.3 is 0 Å². The minimum Gasteiger partial charge on any atom is -0.304 e. The molecule has 0 aliphatic rings. The molecule has 0 aliphatic heterocycles. The van der Waals surface area contributed by atoms with E-state index >= 15 is 0 Å². The fourth-order valence-electron chi connectivity index (χ4n) is 3.31. The summed E-state index contributed by atoms with van der Waals surface area (Å²) in [4.78, 5) is 8.55. The van der Waals surface area contributed by atoms with Crippen LogP contribution >= 0.6 is 0 Å². The van der Waals surface area contributed by atoms with Gasteiger partial charge in [-0.05, 0) is 46.1 Å². The number of hydrogen-bond acceptors (Lipinski definition) is 4. The maximum Gasteiger partial charge on any atom is 0.0477 e. The molecule has 4 nitrogen and oxygen atoms in total. The molecule has 2 heterocycles. The standard InChI is InChI=1S/C17H12N.C14H8N3.Ir/c1-3-7-14(8-4-1)16-11-12-17(18-13-16)15-9-5-2-6-10-15;1-10-2-5-14(17-9-10)13-4-3-11(7-15)6-12(13)8-16;/h1-9,11-13H;2-3,5-6,9H,1H3;/q2*-1;/i;1D3;. The number of benzene rings is 3. The van der Waals surface area contributed by atoms with Gasteiger partial charge in [-0.1, -0.05) is 54.6 Å². The SMILES string of the molecule is [2H]C([2H])([2H])c1ccc(-c2[c-]cc(C#N)cc2C#N)nc1.[Ir].[c-]1ccccc1-c1ccc(-c2ccccc2)cn1. The van der Waals surface area contributed by atoms with Crippen LogP contribution < -0.4 is 0 Å². The fourth-order valence-corrected chi connectivity index (χ4v) is 3.31. The van der Waals surface area contributed by atoms with Crippen LogP contribution in [-0.4, -0.2) is 9.97 Å². The Morgan fingerprint density at radius 3 is 2.17 bits per heavy atom. The summed E-state index contributed by atoms with van der Waals surface area (Å²) in [5.41, 5.74) is 5.94. The summed E-state index contributed by atoms with van der Waals surface area (Å²) in [7, 11) is 0. The van der Waals surface area contributed by atoms with Crippen LogP contribution in [0.4, 0.5) is 0 Å². The molecule has 5 aromatic rings. The molecule has 3 aromatic carbocycles. The Morgan fingerprint density at radius 2 is 1.56 bits per heavy atom. The van der Waals surface area contributed by atoms with Gasteiger partial charge < -0.3 is 9.97 Å². The van der Waals surface area contributed by atoms with Gasteiger partial charge in [-0.15, -0.1) is 59.7 Å². The van der Waals surface area contributed by atoms with E-state index in [1.54, 1.807) is 0 Å². The van der Waals surface area contributed by atoms with E-state index in [4.69, 9.17) is 14.6 Å². The summed E-state index contributed by atoms with van der Waals surface area (Å²) in [6, 6.07) is 38.1. The Balaban J connectivity index is 0.000000211. The van der Waals surface area contributed by atoms with Crippen LogP contribution in [-0.2, 0) is 20.1 Å². The minimum absolute atomic E-state index is 0. The molecule has 36 heavy (non-hydrogen) atoms. The van der Waals surface area contributed by atoms with Crippen molar-refractivity contribution in [2.24, 2.45) is 0 Å². The van der Waals surface area contributed by atoms with E-state index in [0.29, 0.717) is 16.8 Å². The number of pyridine rings is 2. The van der Waals surface area contributed by atoms with Crippen molar-refractivity contribution >= 4 is 0 Å². The second kappa shape index (κ2) is 12.9. The van der Waals surface area contributed by atoms with E-state index in [-0.39, 0.29) is 31.2 Å². The molecule has 1 radical (unpaired) electrons. The zero-order valence-electron chi connectivity index (χ0n) is 21.9. The van der Waals surface area contributed by atoms with Gasteiger partial charge in [0, 0.05) is 48.7 Å². The smallest absolute Gasteiger partial charge is 0.0477 e. The molecule has 0 spiro atoms. The van der Waals surface area contributed by atoms with E-state index in [1.807, 2.05) is 66.9 Å². The van der Waals surface area contributed by atoms with Crippen molar-refractivity contribution < 1.29 is 24.2 Å². The summed E-state index contributed by atoms with van der Waals surface area (Å²) in [5.74, 6) is 0. The van der Waals surface area contributed by atoms with Gasteiger partial charge in [0.25, 0.3) is 0 Å². The van der Waals surface area contributed by atoms with Crippen molar-refractivity contribution in [3.63, 3.8) is 0 Å². The summed E-state index contributed by atoms with van der Waals surface area (Å²) in [6.45, 7) is -2.21. The normalized spacial score (nSPS) is 11.1. The van der Waals surface area contributed by atoms with E-state index in [1.165, 1.54) is 36.0 Å². The Morgan fingerprint density at radius 1 is 0.778 bits per heavy atom. The largest absolute Gasteiger partial charge is 0.304 e. The van der Waals surface area contributed by atoms with E-state index in [9.17, 15) is 0 Å². The first-order valence-electron chi connectivity index (χ1n) is 12.2. The van der Waals surface area contributed by atoms with Gasteiger partial charge in [0.2, 0.25) is 0 Å². The zero-order chi connectivity index (χ0) is 27.0. The van der Waals surface area contributed by atoms with Crippen LogP contribution in [0.1, 0.15) is 20.8 Å². The molecule has 0 saturated heterocycles. The van der Waals surface area contributed by atoms with Gasteiger partial charge in [-0.2, -0.15) is 0 Å². The molecule has 175 valence electrons. The van der Waals surface area contributed by atoms with E-state index in [0.717, 1.165) is 16.8 Å². The molecule has 5 rings (SSSR count). The Bertz CT molecular complexity index is 1530. The zero-order valence-corrected chi connectivity index (χ0v) is 21.3. The van der Waals surface area contributed by atoms with Crippen LogP contribution in [0.25, 0.3) is 33.6 Å². The first-order chi connectivity index (χ1) is 18.4. The Hall–Kier alpha value is -4.41. The van der Waals surface area contributed by atoms with Crippen molar-refractivity contribution in [2.75, 3.05) is 0 Å². The minimum atomic E-state index is -2.21. The average molecular weight is 644 g/mol. The molecule has 0 fully saturated rings. The average Bonchev–Trinajstić information content (AvgIpc) is 2.98. The number of aromatic nitrogens is 2. The van der Waals surface area contributed by atoms with E-state index in [2.05, 4.69) is 40.3 Å². The molecular formula is C31H20IrN4-2. The molecule has 5 heteroatoms. The molecule has 0 atom stereocenters. The predicted octanol–water partition coefficient (Wildman–Crippen LogP) is 6.81. The van der Waals surface area contributed by atoms with Crippen LogP contribution in [0.5, 0.6) is 0 Å². The van der Waals surface area contributed by atoms with Crippen LogP contribution in [0, 0.1) is 41.6 Å². The maximum atomic E-state index is 9.09. The van der Waals surface area contributed by atoms with E-state index < -0.39 is 6.85 Å². The number of nitrogens with zero attached hydrogens (tertiary/aromatic N) is 4. The molecule has 0 saturated carbocycles. The summed E-state index contributed by atoms with van der Waals surface area (Å²) >= 11 is 0. The summed E-state index contributed by atoms with van der Waals surface area (Å²) in [5, 5.41) is 17.9. The van der Waals surface area contributed by atoms with Crippen LogP contribution in [0.3, 0.4) is 0 Å². The summed E-state index contributed by atoms with van der Waals surface area (Å²) < 4.78 is 21.8. The molecular weight excluding hydrogens is 621 g/mol. The monoisotopic (exact) mass is 644 g/mol. The van der Waals surface area contributed by atoms with Crippen LogP contribution in [0.2, 0.25) is 0 Å². The van der Waals surface area contributed by atoms with Crippen molar-refractivity contribution in [3.8, 4) is 45.8 Å². The molecule has 2 aromatic heterocycles. The van der Waals surface area contributed by atoms with Crippen molar-refractivity contribution in [1.29, 1.82) is 10.5 Å². The maximum absolute atomic E-state index is 9.09. The van der Waals surface area contributed by atoms with Gasteiger partial charge in [0.1, 0.15) is 0 Å². The third-order valence-electron chi connectivity index (χ3n) is 5.07. The third-order valence-corrected chi connectivity index (χ3v) is 5.07.